The minimum Gasteiger partial charge on any atom is -0.326 e. The summed E-state index contributed by atoms with van der Waals surface area (Å²) in [6.45, 7) is 6.48. The van der Waals surface area contributed by atoms with Crippen LogP contribution in [0, 0.1) is 6.92 Å². The Morgan fingerprint density at radius 2 is 1.69 bits per heavy atom. The summed E-state index contributed by atoms with van der Waals surface area (Å²) in [5.41, 5.74) is 8.91. The summed E-state index contributed by atoms with van der Waals surface area (Å²) in [4.78, 5) is 2.19. The minimum absolute atomic E-state index is 0.0187. The first-order valence-corrected chi connectivity index (χ1v) is 5.82. The third kappa shape index (κ3) is 3.06. The largest absolute Gasteiger partial charge is 0.326 e. The van der Waals surface area contributed by atoms with Gasteiger partial charge in [0, 0.05) is 11.6 Å². The number of benzene rings is 1. The van der Waals surface area contributed by atoms with Crippen LogP contribution in [-0.4, -0.2) is 30.6 Å². The molecule has 1 aromatic rings. The summed E-state index contributed by atoms with van der Waals surface area (Å²) in [5.74, 6) is 0. The fourth-order valence-electron chi connectivity index (χ4n) is 1.56. The van der Waals surface area contributed by atoms with E-state index in [1.807, 2.05) is 0 Å². The average Bonchev–Trinajstić information content (AvgIpc) is 2.21. The first-order chi connectivity index (χ1) is 7.34. The Balaban J connectivity index is 2.71. The molecular formula is C14H24N2. The zero-order chi connectivity index (χ0) is 12.3. The number of aryl methyl sites for hydroxylation is 1. The van der Waals surface area contributed by atoms with Crippen LogP contribution in [0.2, 0.25) is 0 Å². The van der Waals surface area contributed by atoms with Gasteiger partial charge in [0.2, 0.25) is 0 Å². The van der Waals surface area contributed by atoms with E-state index in [1.165, 1.54) is 11.1 Å². The van der Waals surface area contributed by atoms with Crippen LogP contribution in [0.1, 0.15) is 25.0 Å². The number of hydrogen-bond donors (Lipinski definition) is 1. The van der Waals surface area contributed by atoms with Crippen molar-refractivity contribution < 1.29 is 0 Å². The number of nitrogens with zero attached hydrogens (tertiary/aromatic N) is 1. The Bertz CT molecular complexity index is 325. The minimum atomic E-state index is 0.0187. The highest BCUT2D eigenvalue weighted by atomic mass is 15.2. The Morgan fingerprint density at radius 1 is 1.19 bits per heavy atom. The third-order valence-electron chi connectivity index (χ3n) is 3.64. The van der Waals surface area contributed by atoms with E-state index in [0.717, 1.165) is 6.42 Å². The lowest BCUT2D eigenvalue weighted by atomic mass is 9.89. The Hall–Kier alpha value is -0.860. The molecule has 1 atom stereocenters. The van der Waals surface area contributed by atoms with Crippen LogP contribution in [0.25, 0.3) is 0 Å². The summed E-state index contributed by atoms with van der Waals surface area (Å²) in [5, 5.41) is 0. The van der Waals surface area contributed by atoms with Crippen molar-refractivity contribution in [3.8, 4) is 0 Å². The van der Waals surface area contributed by atoms with E-state index < -0.39 is 0 Å². The lowest BCUT2D eigenvalue weighted by Crippen LogP contribution is -2.54. The van der Waals surface area contributed by atoms with Gasteiger partial charge in [0.15, 0.2) is 0 Å². The number of nitrogens with two attached hydrogens (primary N) is 1. The second kappa shape index (κ2) is 4.98. The van der Waals surface area contributed by atoms with E-state index in [-0.39, 0.29) is 11.6 Å². The van der Waals surface area contributed by atoms with Crippen molar-refractivity contribution in [2.24, 2.45) is 5.73 Å². The van der Waals surface area contributed by atoms with Crippen molar-refractivity contribution in [3.63, 3.8) is 0 Å². The molecule has 2 nitrogen and oxygen atoms in total. The van der Waals surface area contributed by atoms with Gasteiger partial charge in [0.05, 0.1) is 0 Å². The molecule has 2 N–H and O–H groups in total. The third-order valence-corrected chi connectivity index (χ3v) is 3.64. The highest BCUT2D eigenvalue weighted by Crippen LogP contribution is 2.18. The van der Waals surface area contributed by atoms with Gasteiger partial charge in [0.1, 0.15) is 0 Å². The average molecular weight is 220 g/mol. The quantitative estimate of drug-likeness (QED) is 0.843. The summed E-state index contributed by atoms with van der Waals surface area (Å²) in [6.07, 6.45) is 0.922. The summed E-state index contributed by atoms with van der Waals surface area (Å²) >= 11 is 0. The van der Waals surface area contributed by atoms with Gasteiger partial charge in [-0.25, -0.2) is 0 Å². The molecule has 2 heteroatoms. The van der Waals surface area contributed by atoms with E-state index in [4.69, 9.17) is 5.73 Å². The zero-order valence-electron chi connectivity index (χ0n) is 11.1. The molecule has 0 saturated carbocycles. The standard InChI is InChI=1S/C14H24N2/c1-11-6-8-12(9-7-11)10-13(15)14(2,3)16(4)5/h6-9,13H,10,15H2,1-5H3. The first-order valence-electron chi connectivity index (χ1n) is 5.82. The van der Waals surface area contributed by atoms with Gasteiger partial charge >= 0.3 is 0 Å². The van der Waals surface area contributed by atoms with Gasteiger partial charge < -0.3 is 10.6 Å². The van der Waals surface area contributed by atoms with Crippen molar-refractivity contribution in [1.29, 1.82) is 0 Å². The van der Waals surface area contributed by atoms with E-state index >= 15 is 0 Å². The maximum absolute atomic E-state index is 6.28. The normalized spacial score (nSPS) is 14.2. The van der Waals surface area contributed by atoms with Gasteiger partial charge in [-0.15, -0.1) is 0 Å². The second-order valence-electron chi connectivity index (χ2n) is 5.34. The molecule has 1 rings (SSSR count). The van der Waals surface area contributed by atoms with Gasteiger partial charge in [-0.2, -0.15) is 0 Å². The van der Waals surface area contributed by atoms with Crippen LogP contribution < -0.4 is 5.73 Å². The molecule has 0 bridgehead atoms. The Labute approximate surface area is 99.5 Å². The van der Waals surface area contributed by atoms with Crippen LogP contribution >= 0.6 is 0 Å². The molecule has 0 aliphatic rings. The lowest BCUT2D eigenvalue weighted by molar-refractivity contribution is 0.158. The van der Waals surface area contributed by atoms with Gasteiger partial charge in [-0.1, -0.05) is 29.8 Å². The fourth-order valence-corrected chi connectivity index (χ4v) is 1.56. The Kier molecular flexibility index (Phi) is 4.11. The number of rotatable bonds is 4. The van der Waals surface area contributed by atoms with Crippen molar-refractivity contribution in [2.45, 2.75) is 38.8 Å². The van der Waals surface area contributed by atoms with Gasteiger partial charge in [-0.05, 0) is 46.9 Å². The summed E-state index contributed by atoms with van der Waals surface area (Å²) < 4.78 is 0. The molecule has 1 aromatic carbocycles. The molecule has 90 valence electrons. The van der Waals surface area contributed by atoms with Crippen molar-refractivity contribution >= 4 is 0 Å². The van der Waals surface area contributed by atoms with Gasteiger partial charge in [0.25, 0.3) is 0 Å². The van der Waals surface area contributed by atoms with E-state index in [1.54, 1.807) is 0 Å². The molecule has 0 aliphatic heterocycles. The molecule has 0 aromatic heterocycles. The van der Waals surface area contributed by atoms with Crippen LogP contribution in [-0.2, 0) is 6.42 Å². The maximum atomic E-state index is 6.28. The monoisotopic (exact) mass is 220 g/mol. The highest BCUT2D eigenvalue weighted by Gasteiger charge is 2.28. The first kappa shape index (κ1) is 13.2. The lowest BCUT2D eigenvalue weighted by Gasteiger charge is -2.38. The Morgan fingerprint density at radius 3 is 2.12 bits per heavy atom. The molecule has 0 spiro atoms. The number of hydrogen-bond acceptors (Lipinski definition) is 2. The van der Waals surface area contributed by atoms with E-state index in [0.29, 0.717) is 0 Å². The molecule has 0 heterocycles. The van der Waals surface area contributed by atoms with Crippen molar-refractivity contribution in [3.05, 3.63) is 35.4 Å². The highest BCUT2D eigenvalue weighted by molar-refractivity contribution is 5.22. The zero-order valence-corrected chi connectivity index (χ0v) is 11.1. The second-order valence-corrected chi connectivity index (χ2v) is 5.34. The fraction of sp³-hybridized carbons (Fsp3) is 0.571. The molecule has 0 saturated heterocycles. The van der Waals surface area contributed by atoms with Crippen LogP contribution in [0.4, 0.5) is 0 Å². The predicted octanol–water partition coefficient (Wildman–Crippen LogP) is 2.21. The summed E-state index contributed by atoms with van der Waals surface area (Å²) in [7, 11) is 4.16. The predicted molar refractivity (Wildman–Crippen MR) is 70.6 cm³/mol. The summed E-state index contributed by atoms with van der Waals surface area (Å²) in [6, 6.07) is 8.77. The van der Waals surface area contributed by atoms with Crippen molar-refractivity contribution in [2.75, 3.05) is 14.1 Å². The van der Waals surface area contributed by atoms with Crippen LogP contribution in [0.15, 0.2) is 24.3 Å². The molecule has 0 radical (unpaired) electrons. The topological polar surface area (TPSA) is 29.3 Å². The van der Waals surface area contributed by atoms with Crippen molar-refractivity contribution in [1.82, 2.24) is 4.90 Å². The number of likely N-dealkylation sites (N-methyl/N-ethyl adjacent to an activating group) is 1. The van der Waals surface area contributed by atoms with Gasteiger partial charge in [-0.3, -0.25) is 0 Å². The maximum Gasteiger partial charge on any atom is 0.0301 e. The molecule has 0 aliphatic carbocycles. The molecular weight excluding hydrogens is 196 g/mol. The van der Waals surface area contributed by atoms with E-state index in [9.17, 15) is 0 Å². The molecule has 1 unspecified atom stereocenters. The van der Waals surface area contributed by atoms with Crippen LogP contribution in [0.5, 0.6) is 0 Å². The molecule has 0 fully saturated rings. The SMILES string of the molecule is Cc1ccc(CC(N)C(C)(C)N(C)C)cc1. The van der Waals surface area contributed by atoms with E-state index in [2.05, 4.69) is 64.0 Å². The van der Waals surface area contributed by atoms with Crippen LogP contribution in [0.3, 0.4) is 0 Å². The smallest absolute Gasteiger partial charge is 0.0301 e. The molecule has 16 heavy (non-hydrogen) atoms. The molecule has 0 amide bonds.